The zero-order chi connectivity index (χ0) is 22.0. The van der Waals surface area contributed by atoms with E-state index in [1.807, 2.05) is 0 Å². The smallest absolute Gasteiger partial charge is 0.337 e. The van der Waals surface area contributed by atoms with E-state index in [1.54, 1.807) is 66.7 Å². The molecule has 4 rings (SSSR count). The number of carbonyl (C=O) groups excluding carboxylic acids is 3. The second-order valence-electron chi connectivity index (χ2n) is 6.67. The van der Waals surface area contributed by atoms with E-state index >= 15 is 0 Å². The van der Waals surface area contributed by atoms with E-state index < -0.39 is 5.97 Å². The molecule has 0 saturated carbocycles. The summed E-state index contributed by atoms with van der Waals surface area (Å²) in [5, 5.41) is 0.253. The molecule has 1 aliphatic heterocycles. The number of nitrogens with zero attached hydrogens (tertiary/aromatic N) is 1. The van der Waals surface area contributed by atoms with E-state index in [4.69, 9.17) is 16.0 Å². The third kappa shape index (κ3) is 4.57. The molecule has 0 atom stereocenters. The van der Waals surface area contributed by atoms with Gasteiger partial charge in [0.2, 0.25) is 0 Å². The molecule has 0 N–H and O–H groups in total. The quantitative estimate of drug-likeness (QED) is 0.368. The zero-order valence-corrected chi connectivity index (χ0v) is 17.9. The van der Waals surface area contributed by atoms with Gasteiger partial charge in [0, 0.05) is 16.7 Å². The van der Waals surface area contributed by atoms with Gasteiger partial charge in [-0.2, -0.15) is 0 Å². The number of benzene rings is 2. The molecule has 0 spiro atoms. The predicted molar refractivity (Wildman–Crippen MR) is 118 cm³/mol. The molecular formula is C23H16ClNO5S. The van der Waals surface area contributed by atoms with Gasteiger partial charge in [-0.25, -0.2) is 4.79 Å². The van der Waals surface area contributed by atoms with E-state index in [9.17, 15) is 14.4 Å². The van der Waals surface area contributed by atoms with Crippen LogP contribution in [-0.2, 0) is 16.1 Å². The average Bonchev–Trinajstić information content (AvgIpc) is 3.35. The summed E-state index contributed by atoms with van der Waals surface area (Å²) >= 11 is 6.75. The molecule has 1 aliphatic rings. The fourth-order valence-electron chi connectivity index (χ4n) is 3.01. The second-order valence-corrected chi connectivity index (χ2v) is 8.09. The summed E-state index contributed by atoms with van der Waals surface area (Å²) in [7, 11) is 1.33. The third-order valence-corrected chi connectivity index (χ3v) is 5.78. The van der Waals surface area contributed by atoms with E-state index in [-0.39, 0.29) is 17.7 Å². The van der Waals surface area contributed by atoms with Gasteiger partial charge >= 0.3 is 5.97 Å². The molecule has 1 saturated heterocycles. The van der Waals surface area contributed by atoms with Crippen LogP contribution in [0.4, 0.5) is 4.79 Å². The first kappa shape index (κ1) is 21.0. The van der Waals surface area contributed by atoms with Crippen LogP contribution < -0.4 is 0 Å². The normalized spacial score (nSPS) is 15.0. The summed E-state index contributed by atoms with van der Waals surface area (Å²) in [6.45, 7) is 0.176. The van der Waals surface area contributed by atoms with Gasteiger partial charge in [0.25, 0.3) is 11.1 Å². The van der Waals surface area contributed by atoms with Crippen LogP contribution in [0.5, 0.6) is 0 Å². The van der Waals surface area contributed by atoms with Gasteiger partial charge in [0.1, 0.15) is 11.5 Å². The van der Waals surface area contributed by atoms with Crippen molar-refractivity contribution in [3.05, 3.63) is 87.5 Å². The lowest BCUT2D eigenvalue weighted by Gasteiger charge is -2.12. The van der Waals surface area contributed by atoms with Gasteiger partial charge in [-0.05, 0) is 53.7 Å². The molecular weight excluding hydrogens is 438 g/mol. The summed E-state index contributed by atoms with van der Waals surface area (Å²) in [6.07, 6.45) is 1.55. The summed E-state index contributed by atoms with van der Waals surface area (Å²) in [5.41, 5.74) is 2.01. The number of ether oxygens (including phenoxy) is 1. The van der Waals surface area contributed by atoms with Crippen molar-refractivity contribution in [1.82, 2.24) is 4.90 Å². The lowest BCUT2D eigenvalue weighted by molar-refractivity contribution is -0.123. The second kappa shape index (κ2) is 8.83. The van der Waals surface area contributed by atoms with Gasteiger partial charge in [-0.15, -0.1) is 0 Å². The molecule has 0 aliphatic carbocycles. The Morgan fingerprint density at radius 2 is 1.77 bits per heavy atom. The molecule has 0 bridgehead atoms. The van der Waals surface area contributed by atoms with Gasteiger partial charge in [-0.3, -0.25) is 14.5 Å². The van der Waals surface area contributed by atoms with E-state index in [0.29, 0.717) is 27.0 Å². The van der Waals surface area contributed by atoms with Gasteiger partial charge < -0.3 is 9.15 Å². The van der Waals surface area contributed by atoms with E-state index in [2.05, 4.69) is 4.74 Å². The summed E-state index contributed by atoms with van der Waals surface area (Å²) in [4.78, 5) is 38.1. The standard InChI is InChI=1S/C23H16ClNO5S/c1-29-22(27)16-6-4-15(5-7-16)19-11-10-18(30-19)12-20-21(26)25(23(28)31-20)13-14-2-8-17(24)9-3-14/h2-12H,13H2,1H3/b20-12-. The summed E-state index contributed by atoms with van der Waals surface area (Å²) < 4.78 is 10.5. The molecule has 8 heteroatoms. The Hall–Kier alpha value is -3.29. The van der Waals surface area contributed by atoms with Gasteiger partial charge in [0.15, 0.2) is 0 Å². The van der Waals surface area contributed by atoms with Crippen LogP contribution >= 0.6 is 23.4 Å². The number of thioether (sulfide) groups is 1. The number of esters is 1. The number of hydrogen-bond acceptors (Lipinski definition) is 6. The number of rotatable bonds is 5. The molecule has 0 unspecified atom stereocenters. The largest absolute Gasteiger partial charge is 0.465 e. The highest BCUT2D eigenvalue weighted by atomic mass is 35.5. The first-order valence-electron chi connectivity index (χ1n) is 9.23. The van der Waals surface area contributed by atoms with Crippen molar-refractivity contribution in [3.63, 3.8) is 0 Å². The SMILES string of the molecule is COC(=O)c1ccc(-c2ccc(/C=C3\SC(=O)N(Cc4ccc(Cl)cc4)C3=O)o2)cc1. The lowest BCUT2D eigenvalue weighted by Crippen LogP contribution is -2.27. The molecule has 1 aromatic heterocycles. The van der Waals surface area contributed by atoms with Crippen LogP contribution in [0.25, 0.3) is 17.4 Å². The van der Waals surface area contributed by atoms with Crippen LogP contribution in [0.1, 0.15) is 21.7 Å². The van der Waals surface area contributed by atoms with Crippen molar-refractivity contribution < 1.29 is 23.5 Å². The topological polar surface area (TPSA) is 76.8 Å². The lowest BCUT2D eigenvalue weighted by atomic mass is 10.1. The summed E-state index contributed by atoms with van der Waals surface area (Å²) in [5.74, 6) is 0.235. The highest BCUT2D eigenvalue weighted by Crippen LogP contribution is 2.34. The highest BCUT2D eigenvalue weighted by molar-refractivity contribution is 8.18. The molecule has 3 aromatic rings. The fraction of sp³-hybridized carbons (Fsp3) is 0.0870. The van der Waals surface area contributed by atoms with Crippen molar-refractivity contribution in [2.75, 3.05) is 7.11 Å². The molecule has 2 heterocycles. The maximum absolute atomic E-state index is 12.7. The minimum absolute atomic E-state index is 0.176. The fourth-order valence-corrected chi connectivity index (χ4v) is 3.96. The Bertz CT molecular complexity index is 1180. The maximum atomic E-state index is 12.7. The van der Waals surface area contributed by atoms with Crippen LogP contribution in [0.15, 0.2) is 70.0 Å². The van der Waals surface area contributed by atoms with Crippen molar-refractivity contribution in [2.24, 2.45) is 0 Å². The Morgan fingerprint density at radius 3 is 2.45 bits per heavy atom. The number of furan rings is 1. The van der Waals surface area contributed by atoms with Crippen LogP contribution in [0.2, 0.25) is 5.02 Å². The monoisotopic (exact) mass is 453 g/mol. The number of amides is 2. The first-order chi connectivity index (χ1) is 14.9. The van der Waals surface area contributed by atoms with Crippen molar-refractivity contribution >= 4 is 46.6 Å². The van der Waals surface area contributed by atoms with Crippen molar-refractivity contribution in [2.45, 2.75) is 6.54 Å². The Kier molecular flexibility index (Phi) is 5.97. The molecule has 0 radical (unpaired) electrons. The minimum atomic E-state index is -0.416. The number of methoxy groups -OCH3 is 1. The molecule has 6 nitrogen and oxygen atoms in total. The van der Waals surface area contributed by atoms with Gasteiger partial charge in [-0.1, -0.05) is 35.9 Å². The highest BCUT2D eigenvalue weighted by Gasteiger charge is 2.35. The summed E-state index contributed by atoms with van der Waals surface area (Å²) in [6, 6.07) is 17.2. The van der Waals surface area contributed by atoms with E-state index in [1.165, 1.54) is 12.0 Å². The van der Waals surface area contributed by atoms with Crippen molar-refractivity contribution in [1.29, 1.82) is 0 Å². The van der Waals surface area contributed by atoms with Crippen molar-refractivity contribution in [3.8, 4) is 11.3 Å². The minimum Gasteiger partial charge on any atom is -0.465 e. The van der Waals surface area contributed by atoms with E-state index in [0.717, 1.165) is 22.9 Å². The molecule has 1 fully saturated rings. The average molecular weight is 454 g/mol. The molecule has 156 valence electrons. The molecule has 2 amide bonds. The number of carbonyl (C=O) groups is 3. The number of halogens is 1. The number of imide groups is 1. The predicted octanol–water partition coefficient (Wildman–Crippen LogP) is 5.62. The Labute approximate surface area is 187 Å². The molecule has 31 heavy (non-hydrogen) atoms. The van der Waals surface area contributed by atoms with Crippen LogP contribution in [-0.4, -0.2) is 29.1 Å². The van der Waals surface area contributed by atoms with Gasteiger partial charge in [0.05, 0.1) is 24.1 Å². The molecule has 2 aromatic carbocycles. The maximum Gasteiger partial charge on any atom is 0.337 e. The Morgan fingerprint density at radius 1 is 1.06 bits per heavy atom. The zero-order valence-electron chi connectivity index (χ0n) is 16.3. The first-order valence-corrected chi connectivity index (χ1v) is 10.4. The number of hydrogen-bond donors (Lipinski definition) is 0. The van der Waals surface area contributed by atoms with Crippen LogP contribution in [0, 0.1) is 0 Å². The third-order valence-electron chi connectivity index (χ3n) is 4.62. The van der Waals surface area contributed by atoms with Crippen LogP contribution in [0.3, 0.4) is 0 Å². The Balaban J connectivity index is 1.50.